The fourth-order valence-corrected chi connectivity index (χ4v) is 2.95. The van der Waals surface area contributed by atoms with Crippen LogP contribution in [0.3, 0.4) is 0 Å². The smallest absolute Gasteiger partial charge is 0.124 e. The fourth-order valence-electron chi connectivity index (χ4n) is 2.95. The van der Waals surface area contributed by atoms with Crippen molar-refractivity contribution in [3.63, 3.8) is 0 Å². The lowest BCUT2D eigenvalue weighted by Gasteiger charge is -2.21. The number of benzene rings is 3. The summed E-state index contributed by atoms with van der Waals surface area (Å²) in [6.07, 6.45) is 0.167. The van der Waals surface area contributed by atoms with E-state index in [1.807, 2.05) is 12.1 Å². The van der Waals surface area contributed by atoms with Crippen LogP contribution in [-0.2, 0) is 6.54 Å². The molecule has 128 valence electrons. The SMILES string of the molecule is CC(C)Oc1ccccc1CNC(c1ccccc1)c1ccccc1. The third kappa shape index (κ3) is 4.71. The number of ether oxygens (including phenoxy) is 1. The molecule has 3 aromatic carbocycles. The molecule has 0 atom stereocenters. The summed E-state index contributed by atoms with van der Waals surface area (Å²) in [5.74, 6) is 0.949. The van der Waals surface area contributed by atoms with Gasteiger partial charge in [-0.3, -0.25) is 0 Å². The molecule has 0 aliphatic rings. The van der Waals surface area contributed by atoms with Crippen molar-refractivity contribution in [1.82, 2.24) is 5.32 Å². The highest BCUT2D eigenvalue weighted by molar-refractivity contribution is 5.35. The van der Waals surface area contributed by atoms with Crippen molar-refractivity contribution < 1.29 is 4.74 Å². The number of hydrogen-bond donors (Lipinski definition) is 1. The van der Waals surface area contributed by atoms with Crippen LogP contribution < -0.4 is 10.1 Å². The second-order valence-electron chi connectivity index (χ2n) is 6.41. The first-order valence-corrected chi connectivity index (χ1v) is 8.82. The number of para-hydroxylation sites is 1. The molecule has 0 saturated heterocycles. The van der Waals surface area contributed by atoms with E-state index in [0.29, 0.717) is 0 Å². The molecule has 0 aliphatic heterocycles. The van der Waals surface area contributed by atoms with Gasteiger partial charge in [-0.25, -0.2) is 0 Å². The zero-order chi connectivity index (χ0) is 17.5. The fraction of sp³-hybridized carbons (Fsp3) is 0.217. The first kappa shape index (κ1) is 17.2. The lowest BCUT2D eigenvalue weighted by molar-refractivity contribution is 0.239. The van der Waals surface area contributed by atoms with Gasteiger partial charge >= 0.3 is 0 Å². The first-order chi connectivity index (χ1) is 12.2. The van der Waals surface area contributed by atoms with Gasteiger partial charge in [-0.2, -0.15) is 0 Å². The lowest BCUT2D eigenvalue weighted by Crippen LogP contribution is -2.22. The Hall–Kier alpha value is -2.58. The van der Waals surface area contributed by atoms with E-state index in [1.165, 1.54) is 16.7 Å². The molecule has 3 aromatic rings. The normalized spacial score (nSPS) is 11.0. The van der Waals surface area contributed by atoms with E-state index in [-0.39, 0.29) is 12.1 Å². The Bertz CT molecular complexity index is 729. The van der Waals surface area contributed by atoms with Crippen molar-refractivity contribution >= 4 is 0 Å². The van der Waals surface area contributed by atoms with Crippen LogP contribution in [0.15, 0.2) is 84.9 Å². The molecule has 0 radical (unpaired) electrons. The van der Waals surface area contributed by atoms with Gasteiger partial charge in [0.05, 0.1) is 12.1 Å². The zero-order valence-electron chi connectivity index (χ0n) is 14.9. The van der Waals surface area contributed by atoms with Crippen molar-refractivity contribution in [1.29, 1.82) is 0 Å². The molecule has 3 rings (SSSR count). The van der Waals surface area contributed by atoms with Crippen LogP contribution in [0.25, 0.3) is 0 Å². The van der Waals surface area contributed by atoms with E-state index in [9.17, 15) is 0 Å². The highest BCUT2D eigenvalue weighted by Crippen LogP contribution is 2.24. The minimum absolute atomic E-state index is 0.148. The van der Waals surface area contributed by atoms with Gasteiger partial charge < -0.3 is 10.1 Å². The molecule has 0 fully saturated rings. The van der Waals surface area contributed by atoms with E-state index >= 15 is 0 Å². The second-order valence-corrected chi connectivity index (χ2v) is 6.41. The average Bonchev–Trinajstić information content (AvgIpc) is 2.64. The van der Waals surface area contributed by atoms with Crippen molar-refractivity contribution in [3.8, 4) is 5.75 Å². The molecule has 0 heterocycles. The molecule has 2 heteroatoms. The molecule has 0 spiro atoms. The molecular formula is C23H25NO. The molecule has 0 aromatic heterocycles. The van der Waals surface area contributed by atoms with Crippen molar-refractivity contribution in [2.45, 2.75) is 32.5 Å². The molecule has 25 heavy (non-hydrogen) atoms. The van der Waals surface area contributed by atoms with Crippen molar-refractivity contribution in [2.75, 3.05) is 0 Å². The summed E-state index contributed by atoms with van der Waals surface area (Å²) in [6, 6.07) is 29.5. The summed E-state index contributed by atoms with van der Waals surface area (Å²) in [5, 5.41) is 3.70. The quantitative estimate of drug-likeness (QED) is 0.630. The van der Waals surface area contributed by atoms with E-state index in [2.05, 4.69) is 92.0 Å². The van der Waals surface area contributed by atoms with Crippen LogP contribution in [0.5, 0.6) is 5.75 Å². The zero-order valence-corrected chi connectivity index (χ0v) is 14.9. The van der Waals surface area contributed by atoms with Crippen LogP contribution >= 0.6 is 0 Å². The standard InChI is InChI=1S/C23H25NO/c1-18(2)25-22-16-10-9-15-21(22)17-24-23(19-11-5-3-6-12-19)20-13-7-4-8-14-20/h3-16,18,23-24H,17H2,1-2H3. The summed E-state index contributed by atoms with van der Waals surface area (Å²) in [6.45, 7) is 4.86. The number of nitrogens with one attached hydrogen (secondary N) is 1. The Kier molecular flexibility index (Phi) is 5.86. The van der Waals surface area contributed by atoms with Gasteiger partial charge in [0.15, 0.2) is 0 Å². The molecular weight excluding hydrogens is 306 g/mol. The lowest BCUT2D eigenvalue weighted by atomic mass is 9.98. The number of hydrogen-bond acceptors (Lipinski definition) is 2. The van der Waals surface area contributed by atoms with Crippen LogP contribution in [-0.4, -0.2) is 6.10 Å². The van der Waals surface area contributed by atoms with Crippen LogP contribution in [0.1, 0.15) is 36.6 Å². The molecule has 0 amide bonds. The maximum Gasteiger partial charge on any atom is 0.124 e. The Balaban J connectivity index is 1.83. The third-order valence-electron chi connectivity index (χ3n) is 4.10. The first-order valence-electron chi connectivity index (χ1n) is 8.82. The summed E-state index contributed by atoms with van der Waals surface area (Å²) in [4.78, 5) is 0. The minimum atomic E-state index is 0.148. The van der Waals surface area contributed by atoms with Gasteiger partial charge in [0, 0.05) is 12.1 Å². The molecule has 0 bridgehead atoms. The Morgan fingerprint density at radius 3 is 1.80 bits per heavy atom. The van der Waals surface area contributed by atoms with E-state index in [0.717, 1.165) is 12.3 Å². The van der Waals surface area contributed by atoms with Gasteiger partial charge in [0.1, 0.15) is 5.75 Å². The van der Waals surface area contributed by atoms with Crippen LogP contribution in [0, 0.1) is 0 Å². The highest BCUT2D eigenvalue weighted by Gasteiger charge is 2.14. The van der Waals surface area contributed by atoms with Gasteiger partial charge in [0.25, 0.3) is 0 Å². The Labute approximate surface area is 150 Å². The average molecular weight is 331 g/mol. The summed E-state index contributed by atoms with van der Waals surface area (Å²) >= 11 is 0. The number of rotatable bonds is 7. The maximum atomic E-state index is 5.95. The monoisotopic (exact) mass is 331 g/mol. The maximum absolute atomic E-state index is 5.95. The second kappa shape index (κ2) is 8.50. The predicted molar refractivity (Wildman–Crippen MR) is 104 cm³/mol. The van der Waals surface area contributed by atoms with Crippen molar-refractivity contribution in [3.05, 3.63) is 102 Å². The molecule has 0 saturated carbocycles. The van der Waals surface area contributed by atoms with Gasteiger partial charge in [0.2, 0.25) is 0 Å². The van der Waals surface area contributed by atoms with Crippen LogP contribution in [0.2, 0.25) is 0 Å². The summed E-state index contributed by atoms with van der Waals surface area (Å²) < 4.78 is 5.95. The van der Waals surface area contributed by atoms with E-state index in [1.54, 1.807) is 0 Å². The highest BCUT2D eigenvalue weighted by atomic mass is 16.5. The minimum Gasteiger partial charge on any atom is -0.491 e. The van der Waals surface area contributed by atoms with E-state index < -0.39 is 0 Å². The largest absolute Gasteiger partial charge is 0.491 e. The molecule has 2 nitrogen and oxygen atoms in total. The molecule has 1 N–H and O–H groups in total. The molecule has 0 aliphatic carbocycles. The van der Waals surface area contributed by atoms with E-state index in [4.69, 9.17) is 4.74 Å². The third-order valence-corrected chi connectivity index (χ3v) is 4.10. The summed E-state index contributed by atoms with van der Waals surface area (Å²) in [5.41, 5.74) is 3.69. The molecule has 0 unspecified atom stereocenters. The Morgan fingerprint density at radius 2 is 1.24 bits per heavy atom. The predicted octanol–water partition coefficient (Wildman–Crippen LogP) is 5.35. The topological polar surface area (TPSA) is 21.3 Å². The van der Waals surface area contributed by atoms with Crippen LogP contribution in [0.4, 0.5) is 0 Å². The van der Waals surface area contributed by atoms with Crippen molar-refractivity contribution in [2.24, 2.45) is 0 Å². The van der Waals surface area contributed by atoms with Gasteiger partial charge in [-0.05, 0) is 31.0 Å². The van der Waals surface area contributed by atoms with Gasteiger partial charge in [-0.15, -0.1) is 0 Å². The Morgan fingerprint density at radius 1 is 0.720 bits per heavy atom. The summed E-state index contributed by atoms with van der Waals surface area (Å²) in [7, 11) is 0. The van der Waals surface area contributed by atoms with Gasteiger partial charge in [-0.1, -0.05) is 78.9 Å².